The van der Waals surface area contributed by atoms with Crippen molar-refractivity contribution in [3.8, 4) is 73.5 Å². The molecule has 0 unspecified atom stereocenters. The summed E-state index contributed by atoms with van der Waals surface area (Å²) in [5.41, 5.74) is 21.0. The molecule has 0 bridgehead atoms. The Hall–Kier alpha value is -11.7. The minimum absolute atomic E-state index is 0.603. The Morgan fingerprint density at radius 1 is 0.239 bits per heavy atom. The van der Waals surface area contributed by atoms with E-state index in [1.165, 1.54) is 70.9 Å². The van der Waals surface area contributed by atoms with E-state index in [2.05, 4.69) is 297 Å². The maximum Gasteiger partial charge on any atom is 0.164 e. The van der Waals surface area contributed by atoms with Crippen LogP contribution >= 0.6 is 0 Å². The first-order valence-corrected chi connectivity index (χ1v) is 30.2. The number of allylic oxidation sites excluding steroid dienone is 4. The van der Waals surface area contributed by atoms with Crippen LogP contribution in [0.2, 0.25) is 0 Å². The molecular weight excluding hydrogens is 1070 g/mol. The summed E-state index contributed by atoms with van der Waals surface area (Å²) in [7, 11) is 0. The van der Waals surface area contributed by atoms with E-state index in [-0.39, 0.29) is 0 Å². The van der Waals surface area contributed by atoms with Crippen LogP contribution in [0.15, 0.2) is 297 Å². The normalized spacial score (nSPS) is 12.7. The van der Waals surface area contributed by atoms with E-state index in [9.17, 15) is 0 Å². The lowest BCUT2D eigenvalue weighted by atomic mass is 10.0. The Bertz CT molecular complexity index is 5640. The van der Waals surface area contributed by atoms with Crippen molar-refractivity contribution in [1.29, 1.82) is 0 Å². The standard InChI is InChI=1S/C81H53N7/c1-3-20-53(21-4-1)79-82-80(84-81(83-79)58-22-19-25-60(48-58)86-69-32-13-7-26-61(69)62-27-8-14-33-70(62)86)54-40-38-52(39-41-54)57-44-47-77(87-72-35-16-9-28-63(72)64-29-10-17-36-73(64)87)78(51-57)88-74-37-18-12-31-66(74)68-50-56(43-46-76(68)88)55-42-45-75-67(49-55)65-30-11-15-34-71(65)85(75)59-23-5-2-6-24-59/h1,3-5,7-51H,2,6H2. The minimum atomic E-state index is 0.603. The van der Waals surface area contributed by atoms with Crippen LogP contribution in [0.25, 0.3) is 166 Å². The Morgan fingerprint density at radius 2 is 0.625 bits per heavy atom. The monoisotopic (exact) mass is 1120 g/mol. The van der Waals surface area contributed by atoms with Crippen LogP contribution in [-0.4, -0.2) is 33.2 Å². The van der Waals surface area contributed by atoms with Crippen LogP contribution in [0, 0.1) is 0 Å². The Balaban J connectivity index is 0.779. The predicted molar refractivity (Wildman–Crippen MR) is 366 cm³/mol. The molecule has 0 radical (unpaired) electrons. The summed E-state index contributed by atoms with van der Waals surface area (Å²) in [6, 6.07) is 101. The van der Waals surface area contributed by atoms with Gasteiger partial charge in [0, 0.05) is 71.2 Å². The van der Waals surface area contributed by atoms with Crippen molar-refractivity contribution in [2.24, 2.45) is 0 Å². The number of rotatable bonds is 9. The van der Waals surface area contributed by atoms with Gasteiger partial charge in [0.25, 0.3) is 0 Å². The molecular formula is C81H53N7. The third-order valence-electron chi connectivity index (χ3n) is 18.0. The van der Waals surface area contributed by atoms with Gasteiger partial charge in [-0.05, 0) is 126 Å². The smallest absolute Gasteiger partial charge is 0.164 e. The molecule has 0 aliphatic heterocycles. The molecule has 5 aromatic heterocycles. The summed E-state index contributed by atoms with van der Waals surface area (Å²) in [4.78, 5) is 15.6. The van der Waals surface area contributed by atoms with Gasteiger partial charge < -0.3 is 18.3 Å². The largest absolute Gasteiger partial charge is 0.310 e. The molecule has 0 spiro atoms. The van der Waals surface area contributed by atoms with E-state index in [1.54, 1.807) is 0 Å². The zero-order valence-corrected chi connectivity index (χ0v) is 47.8. The first-order chi connectivity index (χ1) is 43.6. The van der Waals surface area contributed by atoms with Crippen LogP contribution < -0.4 is 0 Å². The van der Waals surface area contributed by atoms with E-state index >= 15 is 0 Å². The minimum Gasteiger partial charge on any atom is -0.310 e. The molecule has 0 saturated carbocycles. The van der Waals surface area contributed by atoms with Gasteiger partial charge in [-0.1, -0.05) is 206 Å². The fraction of sp³-hybridized carbons (Fsp3) is 0.0247. The second kappa shape index (κ2) is 20.0. The van der Waals surface area contributed by atoms with Gasteiger partial charge in [-0.15, -0.1) is 0 Å². The quantitative estimate of drug-likeness (QED) is 0.145. The molecule has 0 fully saturated rings. The Morgan fingerprint density at radius 3 is 1.16 bits per heavy atom. The number of para-hydroxylation sites is 6. The molecule has 0 saturated heterocycles. The fourth-order valence-electron chi connectivity index (χ4n) is 14.0. The van der Waals surface area contributed by atoms with E-state index in [0.29, 0.717) is 17.5 Å². The summed E-state index contributed by atoms with van der Waals surface area (Å²) >= 11 is 0. The second-order valence-corrected chi connectivity index (χ2v) is 23.0. The van der Waals surface area contributed by atoms with Gasteiger partial charge in [-0.25, -0.2) is 15.0 Å². The number of nitrogens with zero attached hydrogens (tertiary/aromatic N) is 7. The molecule has 88 heavy (non-hydrogen) atoms. The molecule has 1 aliphatic carbocycles. The topological polar surface area (TPSA) is 58.4 Å². The lowest BCUT2D eigenvalue weighted by molar-refractivity contribution is 1.02. The summed E-state index contributed by atoms with van der Waals surface area (Å²) in [5, 5.41) is 9.77. The molecule has 0 N–H and O–H groups in total. The summed E-state index contributed by atoms with van der Waals surface area (Å²) in [6.45, 7) is 0. The molecule has 17 aromatic rings. The SMILES string of the molecule is C1=CC(n2c3ccccc3c3cc(-c4ccc5c(c4)c4ccccc4n5-c4cc(-c5ccc(-c6nc(-c7ccccc7)nc(-c7cccc(-n8c9ccccc9c9ccccc98)c7)n6)cc5)ccc4-n4c5ccccc5c5ccccc54)ccc32)=CCC1. The molecule has 0 atom stereocenters. The van der Waals surface area contributed by atoms with Gasteiger partial charge in [0.2, 0.25) is 0 Å². The van der Waals surface area contributed by atoms with Gasteiger partial charge in [-0.3, -0.25) is 0 Å². The Labute approximate surface area is 506 Å². The van der Waals surface area contributed by atoms with Gasteiger partial charge in [0.05, 0.1) is 55.5 Å². The Kier molecular flexibility index (Phi) is 11.3. The summed E-state index contributed by atoms with van der Waals surface area (Å²) in [6.07, 6.45) is 9.06. The highest BCUT2D eigenvalue weighted by Gasteiger charge is 2.23. The second-order valence-electron chi connectivity index (χ2n) is 23.0. The van der Waals surface area contributed by atoms with Crippen molar-refractivity contribution in [3.05, 3.63) is 297 Å². The first kappa shape index (κ1) is 49.7. The van der Waals surface area contributed by atoms with E-state index in [1.807, 2.05) is 18.2 Å². The highest BCUT2D eigenvalue weighted by atomic mass is 15.1. The van der Waals surface area contributed by atoms with Crippen molar-refractivity contribution in [2.75, 3.05) is 0 Å². The molecule has 7 nitrogen and oxygen atoms in total. The van der Waals surface area contributed by atoms with Gasteiger partial charge in [-0.2, -0.15) is 0 Å². The zero-order chi connectivity index (χ0) is 57.8. The molecule has 18 rings (SSSR count). The van der Waals surface area contributed by atoms with Crippen molar-refractivity contribution in [3.63, 3.8) is 0 Å². The van der Waals surface area contributed by atoms with E-state index in [4.69, 9.17) is 15.0 Å². The predicted octanol–water partition coefficient (Wildman–Crippen LogP) is 20.8. The fourth-order valence-corrected chi connectivity index (χ4v) is 14.0. The third kappa shape index (κ3) is 7.87. The maximum absolute atomic E-state index is 5.27. The van der Waals surface area contributed by atoms with E-state index < -0.39 is 0 Å². The number of fused-ring (bicyclic) bond motifs is 12. The third-order valence-corrected chi connectivity index (χ3v) is 18.0. The first-order valence-electron chi connectivity index (χ1n) is 30.2. The number of hydrogen-bond acceptors (Lipinski definition) is 3. The van der Waals surface area contributed by atoms with Crippen LogP contribution in [0.3, 0.4) is 0 Å². The molecule has 5 heterocycles. The van der Waals surface area contributed by atoms with Crippen molar-refractivity contribution in [1.82, 2.24) is 33.2 Å². The van der Waals surface area contributed by atoms with Crippen LogP contribution in [-0.2, 0) is 0 Å². The molecule has 12 aromatic carbocycles. The average molecular weight is 1120 g/mol. The lowest BCUT2D eigenvalue weighted by Gasteiger charge is -2.18. The van der Waals surface area contributed by atoms with E-state index in [0.717, 1.165) is 90.8 Å². The lowest BCUT2D eigenvalue weighted by Crippen LogP contribution is -2.04. The van der Waals surface area contributed by atoms with Gasteiger partial charge >= 0.3 is 0 Å². The summed E-state index contributed by atoms with van der Waals surface area (Å²) in [5.74, 6) is 1.82. The highest BCUT2D eigenvalue weighted by Crippen LogP contribution is 2.43. The molecule has 0 amide bonds. The van der Waals surface area contributed by atoms with Crippen LogP contribution in [0.4, 0.5) is 0 Å². The highest BCUT2D eigenvalue weighted by molar-refractivity contribution is 6.15. The summed E-state index contributed by atoms with van der Waals surface area (Å²) < 4.78 is 9.70. The van der Waals surface area contributed by atoms with Crippen LogP contribution in [0.1, 0.15) is 12.8 Å². The molecule has 1 aliphatic rings. The van der Waals surface area contributed by atoms with Crippen molar-refractivity contribution < 1.29 is 0 Å². The molecule has 7 heteroatoms. The maximum atomic E-state index is 5.27. The van der Waals surface area contributed by atoms with Crippen molar-refractivity contribution >= 4 is 92.9 Å². The van der Waals surface area contributed by atoms with Crippen molar-refractivity contribution in [2.45, 2.75) is 12.8 Å². The van der Waals surface area contributed by atoms with Gasteiger partial charge in [0.1, 0.15) is 0 Å². The average Bonchev–Trinajstić information content (AvgIpc) is 2.10. The van der Waals surface area contributed by atoms with Gasteiger partial charge in [0.15, 0.2) is 17.5 Å². The number of benzene rings is 12. The zero-order valence-electron chi connectivity index (χ0n) is 47.8. The number of aromatic nitrogens is 7. The number of hydrogen-bond donors (Lipinski definition) is 0. The van der Waals surface area contributed by atoms with Crippen LogP contribution in [0.5, 0.6) is 0 Å². The molecule has 412 valence electrons.